The minimum atomic E-state index is -0.674. The number of carboxylic acid groups (broad SMARTS) is 1. The van der Waals surface area contributed by atoms with Crippen LogP contribution in [0.3, 0.4) is 0 Å². The zero-order valence-corrected chi connectivity index (χ0v) is 12.9. The first kappa shape index (κ1) is 15.3. The van der Waals surface area contributed by atoms with Gasteiger partial charge >= 0.3 is 5.97 Å². The minimum Gasteiger partial charge on any atom is -0.481 e. The summed E-state index contributed by atoms with van der Waals surface area (Å²) in [7, 11) is 0. The number of aliphatic carboxylic acids is 1. The minimum absolute atomic E-state index is 0.00437. The second-order valence-corrected chi connectivity index (χ2v) is 6.48. The third-order valence-corrected chi connectivity index (χ3v) is 5.01. The van der Waals surface area contributed by atoms with Gasteiger partial charge in [-0.2, -0.15) is 0 Å². The quantitative estimate of drug-likeness (QED) is 0.835. The van der Waals surface area contributed by atoms with E-state index >= 15 is 0 Å². The highest BCUT2D eigenvalue weighted by Gasteiger charge is 2.59. The van der Waals surface area contributed by atoms with E-state index in [0.29, 0.717) is 36.4 Å². The van der Waals surface area contributed by atoms with Crippen molar-refractivity contribution >= 4 is 23.5 Å². The second-order valence-electron chi connectivity index (χ2n) is 6.07. The van der Waals surface area contributed by atoms with E-state index in [1.807, 2.05) is 18.2 Å². The number of amides is 1. The Bertz CT molecular complexity index is 581. The fourth-order valence-corrected chi connectivity index (χ4v) is 3.55. The van der Waals surface area contributed by atoms with Crippen molar-refractivity contribution in [1.29, 1.82) is 0 Å². The van der Waals surface area contributed by atoms with Gasteiger partial charge in [0.15, 0.2) is 0 Å². The van der Waals surface area contributed by atoms with Crippen LogP contribution in [0.2, 0.25) is 5.02 Å². The van der Waals surface area contributed by atoms with E-state index in [1.165, 1.54) is 0 Å². The molecule has 2 fully saturated rings. The predicted molar refractivity (Wildman–Crippen MR) is 82.5 cm³/mol. The summed E-state index contributed by atoms with van der Waals surface area (Å²) in [4.78, 5) is 25.0. The summed E-state index contributed by atoms with van der Waals surface area (Å²) in [6, 6.07) is 7.44. The van der Waals surface area contributed by atoms with Gasteiger partial charge in [0.2, 0.25) is 5.91 Å². The Hall–Kier alpha value is -1.59. The largest absolute Gasteiger partial charge is 0.481 e. The lowest BCUT2D eigenvalue weighted by molar-refractivity contribution is -0.139. The van der Waals surface area contributed by atoms with Crippen LogP contribution in [-0.4, -0.2) is 41.5 Å². The van der Waals surface area contributed by atoms with E-state index in [4.69, 9.17) is 16.7 Å². The van der Waals surface area contributed by atoms with Gasteiger partial charge in [0, 0.05) is 37.6 Å². The molecule has 5 nitrogen and oxygen atoms in total. The van der Waals surface area contributed by atoms with E-state index in [1.54, 1.807) is 6.07 Å². The molecule has 1 aliphatic carbocycles. The Labute approximate surface area is 134 Å². The fourth-order valence-electron chi connectivity index (χ4n) is 3.35. The summed E-state index contributed by atoms with van der Waals surface area (Å²) in [5.74, 6) is -0.236. The molecule has 118 valence electrons. The number of carboxylic acids is 1. The lowest BCUT2D eigenvalue weighted by atomic mass is 10.2. The average molecular weight is 323 g/mol. The summed E-state index contributed by atoms with van der Waals surface area (Å²) in [5, 5.41) is 12.5. The first-order valence-corrected chi connectivity index (χ1v) is 7.89. The van der Waals surface area contributed by atoms with Gasteiger partial charge in [0.05, 0.1) is 5.92 Å². The number of piperidine rings is 1. The third-order valence-electron chi connectivity index (χ3n) is 4.64. The molecule has 0 radical (unpaired) electrons. The average Bonchev–Trinajstić information content (AvgIpc) is 3.01. The monoisotopic (exact) mass is 322 g/mol. The maximum absolute atomic E-state index is 11.9. The van der Waals surface area contributed by atoms with Crippen molar-refractivity contribution in [3.63, 3.8) is 0 Å². The van der Waals surface area contributed by atoms with Crippen LogP contribution in [-0.2, 0) is 16.1 Å². The van der Waals surface area contributed by atoms with Crippen LogP contribution in [0, 0.1) is 17.8 Å². The lowest BCUT2D eigenvalue weighted by Gasteiger charge is -2.18. The lowest BCUT2D eigenvalue weighted by Crippen LogP contribution is -2.31. The highest BCUT2D eigenvalue weighted by Crippen LogP contribution is 2.51. The SMILES string of the molecule is O=C(CCN1CC2C(C1)C2C(=O)O)NCc1ccccc1Cl. The van der Waals surface area contributed by atoms with Crippen molar-refractivity contribution in [2.45, 2.75) is 13.0 Å². The number of rotatable bonds is 6. The van der Waals surface area contributed by atoms with Crippen molar-refractivity contribution in [1.82, 2.24) is 10.2 Å². The van der Waals surface area contributed by atoms with Gasteiger partial charge < -0.3 is 15.3 Å². The Kier molecular flexibility index (Phi) is 4.36. The summed E-state index contributed by atoms with van der Waals surface area (Å²) >= 11 is 6.04. The number of nitrogens with one attached hydrogen (secondary N) is 1. The van der Waals surface area contributed by atoms with Crippen LogP contribution in [0.1, 0.15) is 12.0 Å². The van der Waals surface area contributed by atoms with E-state index in [-0.39, 0.29) is 11.8 Å². The summed E-state index contributed by atoms with van der Waals surface area (Å²) in [6.45, 7) is 2.73. The third kappa shape index (κ3) is 3.25. The topological polar surface area (TPSA) is 69.6 Å². The number of benzene rings is 1. The summed E-state index contributed by atoms with van der Waals surface area (Å²) in [6.07, 6.45) is 0.432. The maximum atomic E-state index is 11.9. The Morgan fingerprint density at radius 1 is 1.27 bits per heavy atom. The standard InChI is InChI=1S/C16H19ClN2O3/c17-13-4-2-1-3-10(13)7-18-14(20)5-6-19-8-11-12(9-19)15(11)16(21)22/h1-4,11-12,15H,5-9H2,(H,18,20)(H,21,22). The number of hydrogen-bond acceptors (Lipinski definition) is 3. The van der Waals surface area contributed by atoms with Crippen LogP contribution in [0.15, 0.2) is 24.3 Å². The van der Waals surface area contributed by atoms with Crippen LogP contribution in [0.5, 0.6) is 0 Å². The number of hydrogen-bond donors (Lipinski definition) is 2. The molecule has 2 aliphatic rings. The molecule has 1 saturated heterocycles. The van der Waals surface area contributed by atoms with Crippen LogP contribution < -0.4 is 5.32 Å². The molecule has 1 saturated carbocycles. The molecule has 3 rings (SSSR count). The molecule has 1 amide bonds. The Morgan fingerprint density at radius 3 is 2.59 bits per heavy atom. The highest BCUT2D eigenvalue weighted by molar-refractivity contribution is 6.31. The van der Waals surface area contributed by atoms with Crippen molar-refractivity contribution in [3.05, 3.63) is 34.9 Å². The molecule has 1 aromatic rings. The van der Waals surface area contributed by atoms with Gasteiger partial charge in [-0.25, -0.2) is 0 Å². The van der Waals surface area contributed by atoms with E-state index in [9.17, 15) is 9.59 Å². The first-order chi connectivity index (χ1) is 10.6. The van der Waals surface area contributed by atoms with Crippen LogP contribution >= 0.6 is 11.6 Å². The molecule has 1 aromatic carbocycles. The van der Waals surface area contributed by atoms with E-state index in [0.717, 1.165) is 18.7 Å². The van der Waals surface area contributed by atoms with Crippen molar-refractivity contribution in [3.8, 4) is 0 Å². The molecule has 2 unspecified atom stereocenters. The fraction of sp³-hybridized carbons (Fsp3) is 0.500. The summed E-state index contributed by atoms with van der Waals surface area (Å²) in [5.41, 5.74) is 0.907. The Balaban J connectivity index is 1.36. The molecular weight excluding hydrogens is 304 g/mol. The number of nitrogens with zero attached hydrogens (tertiary/aromatic N) is 1. The molecule has 22 heavy (non-hydrogen) atoms. The number of halogens is 1. The molecule has 0 spiro atoms. The van der Waals surface area contributed by atoms with Crippen molar-refractivity contribution < 1.29 is 14.7 Å². The molecule has 0 bridgehead atoms. The van der Waals surface area contributed by atoms with Gasteiger partial charge in [-0.15, -0.1) is 0 Å². The number of fused-ring (bicyclic) bond motifs is 1. The second kappa shape index (κ2) is 6.26. The predicted octanol–water partition coefficient (Wildman–Crippen LogP) is 1.61. The number of likely N-dealkylation sites (tertiary alicyclic amines) is 1. The van der Waals surface area contributed by atoms with Gasteiger partial charge in [-0.05, 0) is 23.5 Å². The maximum Gasteiger partial charge on any atom is 0.307 e. The van der Waals surface area contributed by atoms with Crippen molar-refractivity contribution in [2.75, 3.05) is 19.6 Å². The van der Waals surface area contributed by atoms with Gasteiger partial charge in [0.25, 0.3) is 0 Å². The smallest absolute Gasteiger partial charge is 0.307 e. The molecular formula is C16H19ClN2O3. The zero-order chi connectivity index (χ0) is 15.7. The number of carbonyl (C=O) groups is 2. The van der Waals surface area contributed by atoms with E-state index < -0.39 is 5.97 Å². The van der Waals surface area contributed by atoms with E-state index in [2.05, 4.69) is 10.2 Å². The van der Waals surface area contributed by atoms with Gasteiger partial charge in [-0.3, -0.25) is 9.59 Å². The van der Waals surface area contributed by atoms with Crippen LogP contribution in [0.4, 0.5) is 0 Å². The summed E-state index contributed by atoms with van der Waals surface area (Å²) < 4.78 is 0. The zero-order valence-electron chi connectivity index (χ0n) is 12.2. The molecule has 2 N–H and O–H groups in total. The van der Waals surface area contributed by atoms with Crippen molar-refractivity contribution in [2.24, 2.45) is 17.8 Å². The van der Waals surface area contributed by atoms with Gasteiger partial charge in [0.1, 0.15) is 0 Å². The Morgan fingerprint density at radius 2 is 1.95 bits per heavy atom. The molecule has 6 heteroatoms. The van der Waals surface area contributed by atoms with Crippen LogP contribution in [0.25, 0.3) is 0 Å². The molecule has 1 aliphatic heterocycles. The first-order valence-electron chi connectivity index (χ1n) is 7.51. The number of carbonyl (C=O) groups excluding carboxylic acids is 1. The normalized spacial score (nSPS) is 26.5. The van der Waals surface area contributed by atoms with Gasteiger partial charge in [-0.1, -0.05) is 29.8 Å². The molecule has 0 aromatic heterocycles. The molecule has 2 atom stereocenters. The molecule has 1 heterocycles. The highest BCUT2D eigenvalue weighted by atomic mass is 35.5.